The summed E-state index contributed by atoms with van der Waals surface area (Å²) in [5.74, 6) is -0.339. The van der Waals surface area contributed by atoms with Gasteiger partial charge >= 0.3 is 0 Å². The summed E-state index contributed by atoms with van der Waals surface area (Å²) in [7, 11) is 0. The first-order valence-electron chi connectivity index (χ1n) is 8.23. The van der Waals surface area contributed by atoms with E-state index in [-0.39, 0.29) is 17.2 Å². The molecule has 1 saturated heterocycles. The maximum Gasteiger partial charge on any atom is 0.283 e. The quantitative estimate of drug-likeness (QED) is 0.257. The molecule has 1 aliphatic rings. The summed E-state index contributed by atoms with van der Waals surface area (Å²) >= 11 is 1.08. The topological polar surface area (TPSA) is 113 Å². The Hall–Kier alpha value is -3.25. The van der Waals surface area contributed by atoms with E-state index in [1.165, 1.54) is 12.1 Å². The van der Waals surface area contributed by atoms with Gasteiger partial charge in [-0.15, -0.1) is 0 Å². The first kappa shape index (κ1) is 18.5. The van der Waals surface area contributed by atoms with E-state index >= 15 is 0 Å². The van der Waals surface area contributed by atoms with Gasteiger partial charge in [-0.25, -0.2) is 9.97 Å². The highest BCUT2D eigenvalue weighted by Gasteiger charge is 2.22. The van der Waals surface area contributed by atoms with Crippen LogP contribution in [0.1, 0.15) is 18.4 Å². The molecule has 1 aliphatic heterocycles. The molecule has 0 N–H and O–H groups in total. The number of nitro groups is 1. The minimum absolute atomic E-state index is 0.0296. The molecule has 0 radical (unpaired) electrons. The van der Waals surface area contributed by atoms with Crippen LogP contribution in [0.15, 0.2) is 52.3 Å². The van der Waals surface area contributed by atoms with Crippen molar-refractivity contribution in [1.82, 2.24) is 14.9 Å². The van der Waals surface area contributed by atoms with Crippen molar-refractivity contribution >= 4 is 29.4 Å². The molecule has 0 saturated carbocycles. The van der Waals surface area contributed by atoms with Crippen LogP contribution in [-0.2, 0) is 4.79 Å². The molecular weight excluding hydrogens is 366 g/mol. The number of carbonyl (C=O) groups excluding carboxylic acids is 1. The van der Waals surface area contributed by atoms with Crippen LogP contribution in [0.2, 0.25) is 0 Å². The molecule has 0 aliphatic carbocycles. The fourth-order valence-corrected chi connectivity index (χ4v) is 3.49. The van der Waals surface area contributed by atoms with E-state index in [1.54, 1.807) is 35.5 Å². The summed E-state index contributed by atoms with van der Waals surface area (Å²) in [6.07, 6.45) is 6.34. The Bertz CT molecular complexity index is 934. The molecule has 0 atom stereocenters. The molecule has 1 aromatic heterocycles. The Morgan fingerprint density at radius 1 is 1.30 bits per heavy atom. The summed E-state index contributed by atoms with van der Waals surface area (Å²) in [6, 6.07) is 8.11. The lowest BCUT2D eigenvalue weighted by Crippen LogP contribution is -2.28. The molecule has 1 fully saturated rings. The molecule has 136 valence electrons. The molecule has 8 nitrogen and oxygen atoms in total. The van der Waals surface area contributed by atoms with Gasteiger partial charge in [-0.05, 0) is 48.4 Å². The van der Waals surface area contributed by atoms with Gasteiger partial charge in [-0.3, -0.25) is 14.9 Å². The number of aromatic nitrogens is 2. The SMILES string of the molecule is N#C/C(=C/c1ccc(Sc2ncccn2)c([N+](=O)[O-])c1)C(=O)N1CCCC1. The van der Waals surface area contributed by atoms with Crippen LogP contribution < -0.4 is 0 Å². The molecule has 2 aromatic rings. The van der Waals surface area contributed by atoms with E-state index in [4.69, 9.17) is 0 Å². The number of nitriles is 1. The minimum atomic E-state index is -0.503. The number of likely N-dealkylation sites (tertiary alicyclic amines) is 1. The lowest BCUT2D eigenvalue weighted by Gasteiger charge is -2.14. The van der Waals surface area contributed by atoms with Crippen LogP contribution in [0.25, 0.3) is 6.08 Å². The van der Waals surface area contributed by atoms with Crippen molar-refractivity contribution in [3.63, 3.8) is 0 Å². The second kappa shape index (κ2) is 8.42. The van der Waals surface area contributed by atoms with Crippen molar-refractivity contribution in [2.24, 2.45) is 0 Å². The predicted molar refractivity (Wildman–Crippen MR) is 98.7 cm³/mol. The van der Waals surface area contributed by atoms with Crippen molar-refractivity contribution in [3.05, 3.63) is 57.9 Å². The largest absolute Gasteiger partial charge is 0.338 e. The first-order chi connectivity index (χ1) is 13.1. The van der Waals surface area contributed by atoms with Gasteiger partial charge < -0.3 is 4.90 Å². The number of benzene rings is 1. The van der Waals surface area contributed by atoms with Crippen LogP contribution in [0.4, 0.5) is 5.69 Å². The van der Waals surface area contributed by atoms with Gasteiger partial charge in [0.25, 0.3) is 11.6 Å². The number of carbonyl (C=O) groups is 1. The summed E-state index contributed by atoms with van der Waals surface area (Å²) in [6.45, 7) is 1.26. The zero-order valence-electron chi connectivity index (χ0n) is 14.2. The normalized spacial score (nSPS) is 14.0. The monoisotopic (exact) mass is 381 g/mol. The lowest BCUT2D eigenvalue weighted by atomic mass is 10.1. The Morgan fingerprint density at radius 3 is 2.63 bits per heavy atom. The standard InChI is InChI=1S/C18H15N5O3S/c19-12-14(17(24)22-8-1-2-9-22)10-13-4-5-16(15(11-13)23(25)26)27-18-20-6-3-7-21-18/h3-7,10-11H,1-2,8-9H2/b14-10-. The van der Waals surface area contributed by atoms with Gasteiger partial charge in [0.15, 0.2) is 5.16 Å². The molecule has 27 heavy (non-hydrogen) atoms. The molecule has 0 bridgehead atoms. The number of amides is 1. The highest BCUT2D eigenvalue weighted by Crippen LogP contribution is 2.34. The molecule has 1 aromatic carbocycles. The molecule has 1 amide bonds. The van der Waals surface area contributed by atoms with Gasteiger partial charge in [0.2, 0.25) is 0 Å². The number of nitro benzene ring substituents is 1. The zero-order chi connectivity index (χ0) is 19.2. The van der Waals surface area contributed by atoms with Gasteiger partial charge in [0.1, 0.15) is 11.6 Å². The van der Waals surface area contributed by atoms with E-state index in [9.17, 15) is 20.2 Å². The zero-order valence-corrected chi connectivity index (χ0v) is 15.1. The van der Waals surface area contributed by atoms with Crippen LogP contribution in [-0.4, -0.2) is 38.8 Å². The van der Waals surface area contributed by atoms with Crippen molar-refractivity contribution in [1.29, 1.82) is 5.26 Å². The molecular formula is C18H15N5O3S. The Balaban J connectivity index is 1.90. The highest BCUT2D eigenvalue weighted by atomic mass is 32.2. The molecule has 2 heterocycles. The maximum atomic E-state index is 12.4. The molecule has 9 heteroatoms. The van der Waals surface area contributed by atoms with Crippen molar-refractivity contribution in [2.75, 3.05) is 13.1 Å². The average molecular weight is 381 g/mol. The summed E-state index contributed by atoms with van der Waals surface area (Å²) in [5.41, 5.74) is 0.259. The van der Waals surface area contributed by atoms with E-state index in [1.807, 2.05) is 6.07 Å². The van der Waals surface area contributed by atoms with E-state index in [0.717, 1.165) is 24.6 Å². The van der Waals surface area contributed by atoms with Crippen LogP contribution in [0.3, 0.4) is 0 Å². The van der Waals surface area contributed by atoms with Gasteiger partial charge in [0, 0.05) is 31.5 Å². The van der Waals surface area contributed by atoms with Crippen molar-refractivity contribution < 1.29 is 9.72 Å². The lowest BCUT2D eigenvalue weighted by molar-refractivity contribution is -0.387. The third-order valence-corrected chi connectivity index (χ3v) is 4.94. The Kier molecular flexibility index (Phi) is 5.78. The van der Waals surface area contributed by atoms with E-state index in [2.05, 4.69) is 9.97 Å². The first-order valence-corrected chi connectivity index (χ1v) is 9.04. The van der Waals surface area contributed by atoms with Gasteiger partial charge in [0.05, 0.1) is 9.82 Å². The van der Waals surface area contributed by atoms with E-state index in [0.29, 0.717) is 28.7 Å². The number of rotatable bonds is 5. The molecule has 3 rings (SSSR count). The van der Waals surface area contributed by atoms with Crippen LogP contribution in [0, 0.1) is 21.4 Å². The molecule has 0 spiro atoms. The number of hydrogen-bond donors (Lipinski definition) is 0. The van der Waals surface area contributed by atoms with Crippen molar-refractivity contribution in [2.45, 2.75) is 22.9 Å². The third kappa shape index (κ3) is 4.48. The molecule has 0 unspecified atom stereocenters. The fourth-order valence-electron chi connectivity index (χ4n) is 2.69. The summed E-state index contributed by atoms with van der Waals surface area (Å²) < 4.78 is 0. The Morgan fingerprint density at radius 2 is 2.00 bits per heavy atom. The number of hydrogen-bond acceptors (Lipinski definition) is 7. The maximum absolute atomic E-state index is 12.4. The smallest absolute Gasteiger partial charge is 0.283 e. The number of nitrogens with zero attached hydrogens (tertiary/aromatic N) is 5. The summed E-state index contributed by atoms with van der Waals surface area (Å²) in [4.78, 5) is 33.4. The van der Waals surface area contributed by atoms with E-state index < -0.39 is 4.92 Å². The van der Waals surface area contributed by atoms with Crippen LogP contribution >= 0.6 is 11.8 Å². The minimum Gasteiger partial charge on any atom is -0.338 e. The van der Waals surface area contributed by atoms with Gasteiger partial charge in [-0.1, -0.05) is 6.07 Å². The average Bonchev–Trinajstić information content (AvgIpc) is 3.22. The third-order valence-electron chi connectivity index (χ3n) is 3.98. The summed E-state index contributed by atoms with van der Waals surface area (Å²) in [5, 5.41) is 21.2. The predicted octanol–water partition coefficient (Wildman–Crippen LogP) is 3.07. The Labute approximate surface area is 159 Å². The second-order valence-corrected chi connectivity index (χ2v) is 6.80. The van der Waals surface area contributed by atoms with Crippen LogP contribution in [0.5, 0.6) is 0 Å². The van der Waals surface area contributed by atoms with Gasteiger partial charge in [-0.2, -0.15) is 5.26 Å². The van der Waals surface area contributed by atoms with Crippen molar-refractivity contribution in [3.8, 4) is 6.07 Å². The second-order valence-electron chi connectivity index (χ2n) is 5.79. The highest BCUT2D eigenvalue weighted by molar-refractivity contribution is 7.99. The fraction of sp³-hybridized carbons (Fsp3) is 0.222.